The molecule has 0 aliphatic carbocycles. The minimum atomic E-state index is -0.869. The molecule has 6 atom stereocenters. The fraction of sp³-hybridized carbons (Fsp3) is 0.706. The molecule has 6 amide bonds. The first-order valence-corrected chi connectivity index (χ1v) is 20.9. The predicted octanol–water partition coefficient (Wildman–Crippen LogP) is 0.776. The normalized spacial score (nSPS) is 11.4. The smallest absolute Gasteiger partial charge is 0.308 e. The zero-order valence-electron chi connectivity index (χ0n) is 32.7. The molecule has 0 fully saturated rings. The summed E-state index contributed by atoms with van der Waals surface area (Å²) in [6, 6.07) is -1.74. The van der Waals surface area contributed by atoms with Crippen LogP contribution in [-0.2, 0) is 66.0 Å². The molecule has 0 saturated carbocycles. The summed E-state index contributed by atoms with van der Waals surface area (Å²) in [4.78, 5) is 120. The van der Waals surface area contributed by atoms with Gasteiger partial charge in [0.25, 0.3) is 0 Å². The standard InChI is InChI=1S/C34H60N6O14P4/c41-25(11-15-29(45)51-55)35-19-7-3-9-23(39-27(43)13-17-31(47)53-57)33(49)37-21-5-1-2-6-22-38-34(50)24(40-28(44)14-18-32(48)54-58)10-4-8-20-36-26(42)12-16-30(46)52-56/h23-24H,1-22,55-58H2,(H,35,41)(H,36,42)(H,37,49)(H,38,50)(H,39,43)(H,40,44). The topological polar surface area (TPSA) is 280 Å². The molecule has 24 heteroatoms. The van der Waals surface area contributed by atoms with Crippen LogP contribution in [0.15, 0.2) is 0 Å². The van der Waals surface area contributed by atoms with Crippen LogP contribution in [0.5, 0.6) is 0 Å². The van der Waals surface area contributed by atoms with Crippen LogP contribution in [0, 0.1) is 0 Å². The van der Waals surface area contributed by atoms with E-state index < -0.39 is 59.6 Å². The Morgan fingerprint density at radius 1 is 0.345 bits per heavy atom. The number of hydrogen-bond acceptors (Lipinski definition) is 14. The molecule has 0 aromatic rings. The first kappa shape index (κ1) is 54.4. The number of nitrogens with one attached hydrogen (secondary N) is 6. The van der Waals surface area contributed by atoms with Gasteiger partial charge in [0.2, 0.25) is 35.4 Å². The van der Waals surface area contributed by atoms with Crippen molar-refractivity contribution in [3.63, 3.8) is 0 Å². The van der Waals surface area contributed by atoms with Crippen LogP contribution in [0.4, 0.5) is 0 Å². The highest BCUT2D eigenvalue weighted by atomic mass is 31.0. The lowest BCUT2D eigenvalue weighted by Crippen LogP contribution is -2.47. The van der Waals surface area contributed by atoms with Gasteiger partial charge in [-0.05, 0) is 51.4 Å². The number of carbonyl (C=O) groups excluding carboxylic acids is 10. The number of unbranched alkanes of at least 4 members (excludes halogenated alkanes) is 5. The molecule has 0 saturated heterocycles. The first-order chi connectivity index (χ1) is 27.8. The molecule has 330 valence electrons. The van der Waals surface area contributed by atoms with Gasteiger partial charge in [-0.15, -0.1) is 0 Å². The number of hydrogen-bond donors (Lipinski definition) is 6. The van der Waals surface area contributed by atoms with E-state index in [4.69, 9.17) is 0 Å². The van der Waals surface area contributed by atoms with Gasteiger partial charge < -0.3 is 50.0 Å². The largest absolute Gasteiger partial charge is 0.451 e. The molecule has 6 N–H and O–H groups in total. The summed E-state index contributed by atoms with van der Waals surface area (Å²) in [6.45, 7) is 1.28. The molecule has 0 aromatic carbocycles. The Morgan fingerprint density at radius 3 is 0.931 bits per heavy atom. The molecule has 58 heavy (non-hydrogen) atoms. The van der Waals surface area contributed by atoms with Gasteiger partial charge in [0.15, 0.2) is 0 Å². The summed E-state index contributed by atoms with van der Waals surface area (Å²) in [5.41, 5.74) is 0. The van der Waals surface area contributed by atoms with Crippen LogP contribution >= 0.6 is 37.9 Å². The van der Waals surface area contributed by atoms with E-state index in [9.17, 15) is 47.9 Å². The summed E-state index contributed by atoms with van der Waals surface area (Å²) in [5.74, 6) is -4.64. The van der Waals surface area contributed by atoms with Crippen LogP contribution in [0.1, 0.15) is 116 Å². The molecule has 0 radical (unpaired) electrons. The average molecular weight is 901 g/mol. The SMILES string of the molecule is O=C(CCC(=O)OP)NCCCCC(NC(=O)CCC(=O)OP)C(=O)NCCCCCCNC(=O)C(CCCCNC(=O)CCC(=O)OP)NC(=O)CCC(=O)OP. The van der Waals surface area contributed by atoms with E-state index in [1.165, 1.54) is 0 Å². The maximum atomic E-state index is 13.0. The molecule has 0 aliphatic heterocycles. The Labute approximate surface area is 348 Å². The molecule has 6 unspecified atom stereocenters. The Kier molecular flexibility index (Phi) is 33.2. The van der Waals surface area contributed by atoms with Gasteiger partial charge in [0, 0.05) is 51.9 Å². The number of amides is 6. The fourth-order valence-electron chi connectivity index (χ4n) is 5.02. The van der Waals surface area contributed by atoms with E-state index in [1.807, 2.05) is 37.9 Å². The van der Waals surface area contributed by atoms with Gasteiger partial charge in [-0.3, -0.25) is 47.9 Å². The van der Waals surface area contributed by atoms with Crippen LogP contribution in [-0.4, -0.2) is 97.6 Å². The maximum absolute atomic E-state index is 13.0. The third-order valence-corrected chi connectivity index (χ3v) is 9.29. The lowest BCUT2D eigenvalue weighted by atomic mass is 10.1. The maximum Gasteiger partial charge on any atom is 0.308 e. The van der Waals surface area contributed by atoms with Gasteiger partial charge in [0.05, 0.1) is 63.6 Å². The lowest BCUT2D eigenvalue weighted by molar-refractivity contribution is -0.136. The zero-order valence-corrected chi connectivity index (χ0v) is 37.4. The summed E-state index contributed by atoms with van der Waals surface area (Å²) in [7, 11) is 7.28. The van der Waals surface area contributed by atoms with Crippen LogP contribution in [0.25, 0.3) is 0 Å². The Balaban J connectivity index is 4.78. The second-order valence-corrected chi connectivity index (χ2v) is 13.8. The number of rotatable bonds is 33. The van der Waals surface area contributed by atoms with Gasteiger partial charge >= 0.3 is 23.9 Å². The minimum Gasteiger partial charge on any atom is -0.451 e. The van der Waals surface area contributed by atoms with Crippen LogP contribution in [0.3, 0.4) is 0 Å². The average Bonchev–Trinajstić information content (AvgIpc) is 3.22. The highest BCUT2D eigenvalue weighted by molar-refractivity contribution is 7.11. The van der Waals surface area contributed by atoms with E-state index >= 15 is 0 Å². The van der Waals surface area contributed by atoms with Crippen molar-refractivity contribution < 1.29 is 66.0 Å². The second kappa shape index (κ2) is 35.4. The Bertz CT molecular complexity index is 1250. The number of carbonyl (C=O) groups is 10. The zero-order chi connectivity index (χ0) is 43.6. The summed E-state index contributed by atoms with van der Waals surface area (Å²) in [5, 5.41) is 16.3. The molecule has 0 rings (SSSR count). The third-order valence-electron chi connectivity index (χ3n) is 8.24. The van der Waals surface area contributed by atoms with Gasteiger partial charge in [-0.25, -0.2) is 0 Å². The summed E-state index contributed by atoms with van der Waals surface area (Å²) >= 11 is 0. The lowest BCUT2D eigenvalue weighted by Gasteiger charge is -2.19. The molecule has 0 aromatic heterocycles. The van der Waals surface area contributed by atoms with E-state index in [-0.39, 0.29) is 76.0 Å². The molecule has 20 nitrogen and oxygen atoms in total. The van der Waals surface area contributed by atoms with Crippen molar-refractivity contribution in [1.29, 1.82) is 0 Å². The first-order valence-electron chi connectivity index (χ1n) is 19.0. The molecular weight excluding hydrogens is 840 g/mol. The fourth-order valence-corrected chi connectivity index (χ4v) is 5.49. The van der Waals surface area contributed by atoms with Crippen molar-refractivity contribution in [2.24, 2.45) is 0 Å². The Morgan fingerprint density at radius 2 is 0.621 bits per heavy atom. The Hall–Kier alpha value is -3.58. The highest BCUT2D eigenvalue weighted by Crippen LogP contribution is 2.07. The molecule has 0 aliphatic rings. The molecule has 0 spiro atoms. The van der Waals surface area contributed by atoms with Gasteiger partial charge in [0.1, 0.15) is 12.1 Å². The van der Waals surface area contributed by atoms with Gasteiger partial charge in [-0.2, -0.15) is 0 Å². The molecule has 0 heterocycles. The molecule has 0 bridgehead atoms. The van der Waals surface area contributed by atoms with Crippen LogP contribution < -0.4 is 31.9 Å². The minimum absolute atomic E-state index is 0.0181. The summed E-state index contributed by atoms with van der Waals surface area (Å²) < 4.78 is 17.8. The monoisotopic (exact) mass is 900 g/mol. The van der Waals surface area contributed by atoms with Crippen molar-refractivity contribution >= 4 is 97.2 Å². The van der Waals surface area contributed by atoms with Crippen LogP contribution in [0.2, 0.25) is 0 Å². The van der Waals surface area contributed by atoms with Crippen molar-refractivity contribution in [3.05, 3.63) is 0 Å². The van der Waals surface area contributed by atoms with Crippen molar-refractivity contribution in [1.82, 2.24) is 31.9 Å². The predicted molar refractivity (Wildman–Crippen MR) is 222 cm³/mol. The van der Waals surface area contributed by atoms with E-state index in [2.05, 4.69) is 50.0 Å². The van der Waals surface area contributed by atoms with E-state index in [0.29, 0.717) is 64.7 Å². The third kappa shape index (κ3) is 30.5. The van der Waals surface area contributed by atoms with Crippen molar-refractivity contribution in [2.75, 3.05) is 26.2 Å². The second-order valence-electron chi connectivity index (χ2n) is 12.9. The quantitative estimate of drug-likeness (QED) is 0.0393. The van der Waals surface area contributed by atoms with Gasteiger partial charge in [-0.1, -0.05) is 12.8 Å². The highest BCUT2D eigenvalue weighted by Gasteiger charge is 2.22. The van der Waals surface area contributed by atoms with Crippen molar-refractivity contribution in [2.45, 2.75) is 128 Å². The van der Waals surface area contributed by atoms with E-state index in [1.54, 1.807) is 0 Å². The van der Waals surface area contributed by atoms with Crippen molar-refractivity contribution in [3.8, 4) is 0 Å². The van der Waals surface area contributed by atoms with E-state index in [0.717, 1.165) is 12.8 Å². The molecular formula is C34H60N6O14P4. The summed E-state index contributed by atoms with van der Waals surface area (Å²) in [6.07, 6.45) is 4.44.